The number of hydrogen-bond acceptors (Lipinski definition) is 9. The summed E-state index contributed by atoms with van der Waals surface area (Å²) in [6.45, 7) is 0.442. The fraction of sp³-hybridized carbons (Fsp3) is 0.200. The molecule has 1 unspecified atom stereocenters. The van der Waals surface area contributed by atoms with Gasteiger partial charge in [-0.2, -0.15) is 5.10 Å². The zero-order valence-corrected chi connectivity index (χ0v) is 16.5. The minimum atomic E-state index is -1.70. The second kappa shape index (κ2) is 6.99. The van der Waals surface area contributed by atoms with E-state index in [4.69, 9.17) is 10.3 Å². The lowest BCUT2D eigenvalue weighted by Crippen LogP contribution is -2.35. The Hall–Kier alpha value is -4.12. The van der Waals surface area contributed by atoms with Crippen LogP contribution in [-0.2, 0) is 10.4 Å². The van der Waals surface area contributed by atoms with E-state index < -0.39 is 11.5 Å². The number of aromatic nitrogens is 6. The third kappa shape index (κ3) is 3.20. The maximum Gasteiger partial charge on any atom is 0.262 e. The van der Waals surface area contributed by atoms with E-state index in [9.17, 15) is 9.90 Å². The van der Waals surface area contributed by atoms with Crippen molar-refractivity contribution >= 4 is 11.6 Å². The van der Waals surface area contributed by atoms with E-state index in [1.807, 2.05) is 6.07 Å². The lowest BCUT2D eigenvalue weighted by Gasteiger charge is -2.16. The molecule has 4 aromatic rings. The van der Waals surface area contributed by atoms with Gasteiger partial charge in [-0.1, -0.05) is 11.2 Å². The lowest BCUT2D eigenvalue weighted by molar-refractivity contribution is -0.144. The minimum absolute atomic E-state index is 0.102. The highest BCUT2D eigenvalue weighted by molar-refractivity contribution is 5.87. The van der Waals surface area contributed by atoms with Crippen molar-refractivity contribution in [2.45, 2.75) is 12.0 Å². The summed E-state index contributed by atoms with van der Waals surface area (Å²) >= 11 is 0. The van der Waals surface area contributed by atoms with Crippen molar-refractivity contribution < 1.29 is 14.4 Å². The van der Waals surface area contributed by atoms with Gasteiger partial charge in [0.05, 0.1) is 35.2 Å². The topological polar surface area (TPSA) is 149 Å². The summed E-state index contributed by atoms with van der Waals surface area (Å²) in [7, 11) is 1.64. The van der Waals surface area contributed by atoms with Gasteiger partial charge in [0.25, 0.3) is 11.9 Å². The van der Waals surface area contributed by atoms with Gasteiger partial charge in [-0.15, -0.1) is 0 Å². The summed E-state index contributed by atoms with van der Waals surface area (Å²) in [4.78, 5) is 27.1. The average molecular weight is 418 g/mol. The number of carbonyl (C=O) groups is 1. The molecule has 0 aromatic carbocycles. The van der Waals surface area contributed by atoms with Gasteiger partial charge in [0.1, 0.15) is 5.69 Å². The number of aliphatic hydroxyl groups is 1. The fourth-order valence-corrected chi connectivity index (χ4v) is 3.44. The first kappa shape index (κ1) is 18.9. The number of nitrogens with two attached hydrogens (primary N) is 1. The van der Waals surface area contributed by atoms with Crippen LogP contribution in [0.25, 0.3) is 28.7 Å². The zero-order chi connectivity index (χ0) is 21.6. The first-order valence-electron chi connectivity index (χ1n) is 9.50. The molecule has 0 radical (unpaired) electrons. The Morgan fingerprint density at radius 1 is 1.16 bits per heavy atom. The Labute approximate surface area is 176 Å². The van der Waals surface area contributed by atoms with Crippen LogP contribution in [0.4, 0.5) is 5.69 Å². The SMILES string of the molecule is CN1CCC(O)(c2cc(-c3cccc(-c4ccnc(-n5cc(N)cn5)n4)n3)no2)C1=O. The monoisotopic (exact) mass is 418 g/mol. The van der Waals surface area contributed by atoms with E-state index >= 15 is 0 Å². The van der Waals surface area contributed by atoms with Crippen molar-refractivity contribution in [2.75, 3.05) is 19.3 Å². The highest BCUT2D eigenvalue weighted by Gasteiger charge is 2.48. The van der Waals surface area contributed by atoms with Crippen molar-refractivity contribution in [2.24, 2.45) is 0 Å². The second-order valence-corrected chi connectivity index (χ2v) is 7.28. The van der Waals surface area contributed by atoms with Crippen LogP contribution in [0.15, 0.2) is 53.4 Å². The molecule has 0 saturated carbocycles. The molecule has 5 rings (SSSR count). The normalized spacial score (nSPS) is 18.6. The van der Waals surface area contributed by atoms with Crippen molar-refractivity contribution in [1.29, 1.82) is 0 Å². The maximum absolute atomic E-state index is 12.3. The van der Waals surface area contributed by atoms with Gasteiger partial charge in [-0.3, -0.25) is 4.79 Å². The van der Waals surface area contributed by atoms with Gasteiger partial charge in [0.2, 0.25) is 5.60 Å². The molecule has 1 amide bonds. The molecule has 1 aliphatic rings. The van der Waals surface area contributed by atoms with Gasteiger partial charge in [-0.25, -0.2) is 19.6 Å². The average Bonchev–Trinajstić information content (AvgIpc) is 3.52. The highest BCUT2D eigenvalue weighted by Crippen LogP contribution is 2.34. The van der Waals surface area contributed by atoms with Crippen LogP contribution in [0.3, 0.4) is 0 Å². The summed E-state index contributed by atoms with van der Waals surface area (Å²) in [5.74, 6) is 0.0468. The molecule has 1 fully saturated rings. The number of nitrogens with zero attached hydrogens (tertiary/aromatic N) is 7. The largest absolute Gasteiger partial charge is 0.396 e. The summed E-state index contributed by atoms with van der Waals surface area (Å²) < 4.78 is 6.79. The molecular formula is C20H18N8O3. The van der Waals surface area contributed by atoms with Crippen molar-refractivity contribution in [3.8, 4) is 28.7 Å². The smallest absolute Gasteiger partial charge is 0.262 e. The Kier molecular flexibility index (Phi) is 4.26. The third-order valence-electron chi connectivity index (χ3n) is 5.15. The third-order valence-corrected chi connectivity index (χ3v) is 5.15. The number of carbonyl (C=O) groups excluding carboxylic acids is 1. The number of rotatable bonds is 4. The lowest BCUT2D eigenvalue weighted by atomic mass is 9.98. The molecule has 5 heterocycles. The molecule has 4 aromatic heterocycles. The summed E-state index contributed by atoms with van der Waals surface area (Å²) in [6, 6.07) is 8.64. The van der Waals surface area contributed by atoms with Crippen molar-refractivity contribution in [1.82, 2.24) is 34.8 Å². The molecule has 3 N–H and O–H groups in total. The van der Waals surface area contributed by atoms with Gasteiger partial charge in [0, 0.05) is 32.3 Å². The summed E-state index contributed by atoms with van der Waals surface area (Å²) in [5.41, 5.74) is 6.59. The number of nitrogen functional groups attached to an aromatic ring is 1. The first-order chi connectivity index (χ1) is 14.9. The quantitative estimate of drug-likeness (QED) is 0.495. The molecule has 0 aliphatic carbocycles. The Morgan fingerprint density at radius 2 is 1.94 bits per heavy atom. The number of likely N-dealkylation sites (N-methyl/N-ethyl adjacent to an activating group) is 1. The second-order valence-electron chi connectivity index (χ2n) is 7.28. The standard InChI is InChI=1S/C20H18N8O3/c1-27-8-6-20(30,18(27)29)17-9-16(26-31-17)14-4-2-3-13(24-14)15-5-7-22-19(25-15)28-11-12(21)10-23-28/h2-5,7,9-11,30H,6,8,21H2,1H3. The summed E-state index contributed by atoms with van der Waals surface area (Å²) in [5, 5.41) is 18.9. The van der Waals surface area contributed by atoms with Gasteiger partial charge in [0.15, 0.2) is 5.76 Å². The molecule has 0 spiro atoms. The Balaban J connectivity index is 1.47. The number of likely N-dealkylation sites (tertiary alicyclic amines) is 1. The van der Waals surface area contributed by atoms with Gasteiger partial charge < -0.3 is 20.3 Å². The van der Waals surface area contributed by atoms with Crippen molar-refractivity contribution in [3.05, 3.63) is 54.7 Å². The molecule has 11 nitrogen and oxygen atoms in total. The van der Waals surface area contributed by atoms with E-state index in [1.54, 1.807) is 43.7 Å². The van der Waals surface area contributed by atoms with Crippen LogP contribution in [0.2, 0.25) is 0 Å². The minimum Gasteiger partial charge on any atom is -0.396 e. The Bertz CT molecular complexity index is 1280. The molecule has 31 heavy (non-hydrogen) atoms. The van der Waals surface area contributed by atoms with Crippen LogP contribution in [0.5, 0.6) is 0 Å². The van der Waals surface area contributed by atoms with Crippen LogP contribution >= 0.6 is 0 Å². The van der Waals surface area contributed by atoms with E-state index in [2.05, 4.69) is 25.2 Å². The molecule has 156 valence electrons. The van der Waals surface area contributed by atoms with Crippen molar-refractivity contribution in [3.63, 3.8) is 0 Å². The van der Waals surface area contributed by atoms with E-state index in [-0.39, 0.29) is 12.2 Å². The van der Waals surface area contributed by atoms with E-state index in [0.29, 0.717) is 41.0 Å². The van der Waals surface area contributed by atoms with Crippen LogP contribution < -0.4 is 5.73 Å². The Morgan fingerprint density at radius 3 is 2.65 bits per heavy atom. The van der Waals surface area contributed by atoms with Gasteiger partial charge >= 0.3 is 0 Å². The molecule has 11 heteroatoms. The fourth-order valence-electron chi connectivity index (χ4n) is 3.44. The number of amides is 1. The first-order valence-corrected chi connectivity index (χ1v) is 9.50. The predicted octanol–water partition coefficient (Wildman–Crippen LogP) is 1.01. The molecule has 0 bridgehead atoms. The van der Waals surface area contributed by atoms with Crippen LogP contribution in [0.1, 0.15) is 12.2 Å². The maximum atomic E-state index is 12.3. The van der Waals surface area contributed by atoms with E-state index in [1.165, 1.54) is 15.8 Å². The predicted molar refractivity (Wildman–Crippen MR) is 108 cm³/mol. The number of pyridine rings is 1. The number of anilines is 1. The number of hydrogen-bond donors (Lipinski definition) is 2. The molecular weight excluding hydrogens is 400 g/mol. The van der Waals surface area contributed by atoms with E-state index in [0.717, 1.165) is 0 Å². The van der Waals surface area contributed by atoms with Gasteiger partial charge in [-0.05, 0) is 18.2 Å². The van der Waals surface area contributed by atoms with Crippen LogP contribution in [0, 0.1) is 0 Å². The molecule has 1 atom stereocenters. The zero-order valence-electron chi connectivity index (χ0n) is 16.5. The molecule has 1 saturated heterocycles. The summed E-state index contributed by atoms with van der Waals surface area (Å²) in [6.07, 6.45) is 4.98. The van der Waals surface area contributed by atoms with Crippen LogP contribution in [-0.4, -0.2) is 59.4 Å². The molecule has 1 aliphatic heterocycles. The highest BCUT2D eigenvalue weighted by atomic mass is 16.5.